The largest absolute Gasteiger partial charge is 0.478 e. The number of nitrogens with zero attached hydrogens (tertiary/aromatic N) is 1. The summed E-state index contributed by atoms with van der Waals surface area (Å²) in [6.45, 7) is 1.24. The molecule has 23 heavy (non-hydrogen) atoms. The molecular weight excluding hydrogens is 297 g/mol. The second-order valence-corrected chi connectivity index (χ2v) is 7.36. The van der Waals surface area contributed by atoms with Crippen molar-refractivity contribution < 1.29 is 19.1 Å². The van der Waals surface area contributed by atoms with Gasteiger partial charge in [0, 0.05) is 19.0 Å². The molecule has 3 aliphatic carbocycles. The highest BCUT2D eigenvalue weighted by Gasteiger charge is 2.62. The molecule has 1 N–H and O–H groups in total. The number of likely N-dealkylation sites (tertiary alicyclic amines) is 1. The van der Waals surface area contributed by atoms with Gasteiger partial charge in [0.05, 0.1) is 11.0 Å². The van der Waals surface area contributed by atoms with Crippen LogP contribution in [0.4, 0.5) is 4.39 Å². The SMILES string of the molecule is O=C(O)c1cccc([C@@H]2CCCN(C(=O)C34CC(C3)C4)C2)c1F. The minimum atomic E-state index is -1.25. The third-order valence-electron chi connectivity index (χ3n) is 5.90. The van der Waals surface area contributed by atoms with E-state index in [1.165, 1.54) is 6.07 Å². The Labute approximate surface area is 134 Å². The van der Waals surface area contributed by atoms with Crippen LogP contribution in [0.25, 0.3) is 0 Å². The Morgan fingerprint density at radius 2 is 2.00 bits per heavy atom. The Morgan fingerprint density at radius 3 is 2.61 bits per heavy atom. The minimum Gasteiger partial charge on any atom is -0.478 e. The summed E-state index contributed by atoms with van der Waals surface area (Å²) in [5.74, 6) is -1.02. The van der Waals surface area contributed by atoms with Crippen LogP contribution in [0.15, 0.2) is 18.2 Å². The van der Waals surface area contributed by atoms with Crippen molar-refractivity contribution in [2.24, 2.45) is 11.3 Å². The smallest absolute Gasteiger partial charge is 0.338 e. The van der Waals surface area contributed by atoms with Crippen LogP contribution in [-0.2, 0) is 4.79 Å². The van der Waals surface area contributed by atoms with Gasteiger partial charge >= 0.3 is 5.97 Å². The number of amides is 1. The predicted molar refractivity (Wildman–Crippen MR) is 81.7 cm³/mol. The van der Waals surface area contributed by atoms with E-state index in [2.05, 4.69) is 0 Å². The molecule has 1 aromatic carbocycles. The number of benzene rings is 1. The maximum atomic E-state index is 14.5. The molecule has 1 saturated heterocycles. The Kier molecular flexibility index (Phi) is 3.22. The Morgan fingerprint density at radius 1 is 1.26 bits per heavy atom. The van der Waals surface area contributed by atoms with E-state index in [4.69, 9.17) is 5.11 Å². The Balaban J connectivity index is 1.54. The van der Waals surface area contributed by atoms with Gasteiger partial charge in [-0.15, -0.1) is 0 Å². The lowest BCUT2D eigenvalue weighted by atomic mass is 9.44. The number of carboxylic acid groups (broad SMARTS) is 1. The van der Waals surface area contributed by atoms with Gasteiger partial charge in [-0.3, -0.25) is 4.79 Å². The second-order valence-electron chi connectivity index (χ2n) is 7.36. The first kappa shape index (κ1) is 14.7. The van der Waals surface area contributed by atoms with E-state index in [1.54, 1.807) is 12.1 Å². The molecule has 2 bridgehead atoms. The molecule has 1 aromatic rings. The number of piperidine rings is 1. The highest BCUT2D eigenvalue weighted by Crippen LogP contribution is 2.65. The number of hydrogen-bond acceptors (Lipinski definition) is 2. The van der Waals surface area contributed by atoms with Gasteiger partial charge in [-0.2, -0.15) is 0 Å². The molecule has 4 nitrogen and oxygen atoms in total. The molecule has 1 amide bonds. The monoisotopic (exact) mass is 317 g/mol. The van der Waals surface area contributed by atoms with Crippen molar-refractivity contribution in [3.63, 3.8) is 0 Å². The van der Waals surface area contributed by atoms with E-state index in [-0.39, 0.29) is 22.8 Å². The van der Waals surface area contributed by atoms with Crippen LogP contribution in [-0.4, -0.2) is 35.0 Å². The second kappa shape index (κ2) is 5.05. The van der Waals surface area contributed by atoms with E-state index in [0.717, 1.165) is 44.6 Å². The first-order chi connectivity index (χ1) is 11.0. The van der Waals surface area contributed by atoms with E-state index in [9.17, 15) is 14.0 Å². The highest BCUT2D eigenvalue weighted by molar-refractivity contribution is 5.88. The van der Waals surface area contributed by atoms with Crippen molar-refractivity contribution >= 4 is 11.9 Å². The summed E-state index contributed by atoms with van der Waals surface area (Å²) in [5, 5.41) is 9.08. The van der Waals surface area contributed by atoms with Gasteiger partial charge in [-0.1, -0.05) is 12.1 Å². The van der Waals surface area contributed by atoms with Crippen LogP contribution in [0.5, 0.6) is 0 Å². The van der Waals surface area contributed by atoms with E-state index < -0.39 is 11.8 Å². The maximum absolute atomic E-state index is 14.5. The number of carbonyl (C=O) groups is 2. The molecule has 122 valence electrons. The number of hydrogen-bond donors (Lipinski definition) is 1. The summed E-state index contributed by atoms with van der Waals surface area (Å²) >= 11 is 0. The number of aromatic carboxylic acids is 1. The third kappa shape index (κ3) is 2.17. The van der Waals surface area contributed by atoms with Gasteiger partial charge in [0.2, 0.25) is 5.91 Å². The van der Waals surface area contributed by atoms with E-state index in [0.29, 0.717) is 12.1 Å². The summed E-state index contributed by atoms with van der Waals surface area (Å²) in [6.07, 6.45) is 4.70. The molecule has 4 aliphatic rings. The van der Waals surface area contributed by atoms with Crippen molar-refractivity contribution in [2.75, 3.05) is 13.1 Å². The summed E-state index contributed by atoms with van der Waals surface area (Å²) in [5.41, 5.74) is 0.0407. The van der Waals surface area contributed by atoms with Crippen LogP contribution in [0, 0.1) is 17.2 Å². The molecule has 0 radical (unpaired) electrons. The predicted octanol–water partition coefficient (Wildman–Crippen LogP) is 3.03. The number of carboxylic acids is 1. The lowest BCUT2D eigenvalue weighted by molar-refractivity contribution is -0.178. The summed E-state index contributed by atoms with van der Waals surface area (Å²) in [7, 11) is 0. The summed E-state index contributed by atoms with van der Waals surface area (Å²) < 4.78 is 14.5. The molecule has 3 saturated carbocycles. The fraction of sp³-hybridized carbons (Fsp3) is 0.556. The molecular formula is C18H20FNO3. The standard InChI is InChI=1S/C18H20FNO3/c19-15-13(4-1-5-14(15)16(21)22)12-3-2-6-20(10-12)17(23)18-7-11(8-18)9-18/h1,4-5,11-12H,2-3,6-10H2,(H,21,22)/t11?,12-,18?/m1/s1. The van der Waals surface area contributed by atoms with Crippen molar-refractivity contribution in [1.82, 2.24) is 4.90 Å². The number of rotatable bonds is 3. The van der Waals surface area contributed by atoms with Crippen LogP contribution in [0.1, 0.15) is 53.9 Å². The zero-order chi connectivity index (χ0) is 16.2. The average molecular weight is 317 g/mol. The maximum Gasteiger partial charge on any atom is 0.338 e. The average Bonchev–Trinajstić information content (AvgIpc) is 2.44. The number of carbonyl (C=O) groups excluding carboxylic acids is 1. The minimum absolute atomic E-state index is 0.103. The first-order valence-electron chi connectivity index (χ1n) is 8.31. The van der Waals surface area contributed by atoms with Crippen LogP contribution in [0.2, 0.25) is 0 Å². The lowest BCUT2D eigenvalue weighted by Gasteiger charge is -2.61. The molecule has 0 spiro atoms. The molecule has 4 fully saturated rings. The van der Waals surface area contributed by atoms with Gasteiger partial charge in [0.25, 0.3) is 0 Å². The third-order valence-corrected chi connectivity index (χ3v) is 5.90. The molecule has 0 aromatic heterocycles. The van der Waals surface area contributed by atoms with Crippen LogP contribution in [0.3, 0.4) is 0 Å². The zero-order valence-electron chi connectivity index (χ0n) is 12.9. The molecule has 0 unspecified atom stereocenters. The van der Waals surface area contributed by atoms with Gasteiger partial charge in [0.15, 0.2) is 0 Å². The zero-order valence-corrected chi connectivity index (χ0v) is 12.9. The van der Waals surface area contributed by atoms with Gasteiger partial charge in [0.1, 0.15) is 5.82 Å². The quantitative estimate of drug-likeness (QED) is 0.932. The Hall–Kier alpha value is -1.91. The van der Waals surface area contributed by atoms with E-state index in [1.807, 2.05) is 4.90 Å². The molecule has 1 heterocycles. The molecule has 5 heteroatoms. The fourth-order valence-corrected chi connectivity index (χ4v) is 4.52. The fourth-order valence-electron chi connectivity index (χ4n) is 4.52. The molecule has 5 rings (SSSR count). The van der Waals surface area contributed by atoms with Crippen molar-refractivity contribution in [3.05, 3.63) is 35.1 Å². The topological polar surface area (TPSA) is 57.6 Å². The van der Waals surface area contributed by atoms with Crippen molar-refractivity contribution in [1.29, 1.82) is 0 Å². The van der Waals surface area contributed by atoms with Gasteiger partial charge in [-0.05, 0) is 49.7 Å². The normalized spacial score (nSPS) is 32.0. The lowest BCUT2D eigenvalue weighted by Crippen LogP contribution is -2.62. The van der Waals surface area contributed by atoms with Crippen molar-refractivity contribution in [3.8, 4) is 0 Å². The van der Waals surface area contributed by atoms with Gasteiger partial charge in [-0.25, -0.2) is 9.18 Å². The summed E-state index contributed by atoms with van der Waals surface area (Å²) in [6, 6.07) is 4.53. The summed E-state index contributed by atoms with van der Waals surface area (Å²) in [4.78, 5) is 25.7. The molecule has 1 aliphatic heterocycles. The van der Waals surface area contributed by atoms with Crippen LogP contribution < -0.4 is 0 Å². The molecule has 1 atom stereocenters. The Bertz CT molecular complexity index is 670. The van der Waals surface area contributed by atoms with Crippen LogP contribution >= 0.6 is 0 Å². The van der Waals surface area contributed by atoms with Gasteiger partial charge < -0.3 is 10.0 Å². The van der Waals surface area contributed by atoms with Crippen molar-refractivity contribution in [2.45, 2.75) is 38.0 Å². The first-order valence-corrected chi connectivity index (χ1v) is 8.31. The number of halogens is 1. The van der Waals surface area contributed by atoms with E-state index >= 15 is 0 Å². The highest BCUT2D eigenvalue weighted by atomic mass is 19.1.